The molecule has 5 heteroatoms. The van der Waals surface area contributed by atoms with Crippen LogP contribution in [0.1, 0.15) is 17.7 Å². The van der Waals surface area contributed by atoms with E-state index in [4.69, 9.17) is 9.84 Å². The molecule has 0 saturated carbocycles. The van der Waals surface area contributed by atoms with Crippen LogP contribution in [-0.2, 0) is 13.2 Å². The van der Waals surface area contributed by atoms with E-state index in [0.717, 1.165) is 17.9 Å². The Morgan fingerprint density at radius 2 is 2.06 bits per heavy atom. The Bertz CT molecular complexity index is 479. The fourth-order valence-corrected chi connectivity index (χ4v) is 1.63. The average molecular weight is 247 g/mol. The highest BCUT2D eigenvalue weighted by molar-refractivity contribution is 5.26. The number of hydrogen-bond donors (Lipinski definition) is 1. The molecule has 0 bridgehead atoms. The van der Waals surface area contributed by atoms with Crippen LogP contribution in [0.4, 0.5) is 0 Å². The summed E-state index contributed by atoms with van der Waals surface area (Å²) in [5.74, 6) is 0.876. The first-order valence-corrected chi connectivity index (χ1v) is 5.97. The molecule has 0 aliphatic carbocycles. The quantitative estimate of drug-likeness (QED) is 0.787. The maximum atomic E-state index is 9.04. The molecule has 2 aromatic rings. The first-order chi connectivity index (χ1) is 8.79. The molecule has 5 nitrogen and oxygen atoms in total. The lowest BCUT2D eigenvalue weighted by atomic mass is 10.2. The summed E-state index contributed by atoms with van der Waals surface area (Å²) in [6.45, 7) is 3.33. The summed E-state index contributed by atoms with van der Waals surface area (Å²) in [4.78, 5) is 0. The SMILES string of the molecule is Cc1ccc(OCCCn2nncc2CO)cc1. The number of aliphatic hydroxyl groups excluding tert-OH is 1. The molecule has 0 spiro atoms. The number of nitrogens with zero attached hydrogens (tertiary/aromatic N) is 3. The van der Waals surface area contributed by atoms with Gasteiger partial charge in [0.15, 0.2) is 0 Å². The minimum atomic E-state index is -0.0359. The zero-order valence-corrected chi connectivity index (χ0v) is 10.4. The van der Waals surface area contributed by atoms with E-state index in [-0.39, 0.29) is 6.61 Å². The average Bonchev–Trinajstić information content (AvgIpc) is 2.84. The second kappa shape index (κ2) is 6.16. The van der Waals surface area contributed by atoms with Gasteiger partial charge in [-0.3, -0.25) is 0 Å². The van der Waals surface area contributed by atoms with Gasteiger partial charge in [0.25, 0.3) is 0 Å². The van der Waals surface area contributed by atoms with Gasteiger partial charge in [0, 0.05) is 13.0 Å². The van der Waals surface area contributed by atoms with Crippen LogP contribution in [-0.4, -0.2) is 26.7 Å². The predicted molar refractivity (Wildman–Crippen MR) is 67.2 cm³/mol. The van der Waals surface area contributed by atoms with Gasteiger partial charge < -0.3 is 9.84 Å². The third-order valence-electron chi connectivity index (χ3n) is 2.66. The first-order valence-electron chi connectivity index (χ1n) is 5.97. The molecular weight excluding hydrogens is 230 g/mol. The summed E-state index contributed by atoms with van der Waals surface area (Å²) in [6.07, 6.45) is 2.39. The maximum Gasteiger partial charge on any atom is 0.119 e. The lowest BCUT2D eigenvalue weighted by Crippen LogP contribution is -2.09. The van der Waals surface area contributed by atoms with Crippen molar-refractivity contribution >= 4 is 0 Å². The number of aromatic nitrogens is 3. The van der Waals surface area contributed by atoms with E-state index < -0.39 is 0 Å². The van der Waals surface area contributed by atoms with Crippen molar-refractivity contribution in [3.05, 3.63) is 41.7 Å². The minimum absolute atomic E-state index is 0.0359. The highest BCUT2D eigenvalue weighted by atomic mass is 16.5. The van der Waals surface area contributed by atoms with Gasteiger partial charge in [-0.05, 0) is 19.1 Å². The molecule has 1 N–H and O–H groups in total. The summed E-state index contributed by atoms with van der Waals surface area (Å²) in [5, 5.41) is 16.7. The number of ether oxygens (including phenoxy) is 1. The van der Waals surface area contributed by atoms with E-state index >= 15 is 0 Å². The van der Waals surface area contributed by atoms with Crippen molar-refractivity contribution < 1.29 is 9.84 Å². The van der Waals surface area contributed by atoms with Gasteiger partial charge in [-0.15, -0.1) is 5.10 Å². The van der Waals surface area contributed by atoms with Gasteiger partial charge in [-0.2, -0.15) is 0 Å². The second-order valence-corrected chi connectivity index (χ2v) is 4.12. The van der Waals surface area contributed by atoms with Crippen LogP contribution in [0.25, 0.3) is 0 Å². The van der Waals surface area contributed by atoms with E-state index in [1.807, 2.05) is 31.2 Å². The Balaban J connectivity index is 1.74. The van der Waals surface area contributed by atoms with E-state index in [9.17, 15) is 0 Å². The highest BCUT2D eigenvalue weighted by Crippen LogP contribution is 2.11. The fraction of sp³-hybridized carbons (Fsp3) is 0.385. The summed E-state index contributed by atoms with van der Waals surface area (Å²) in [7, 11) is 0. The van der Waals surface area contributed by atoms with Crippen molar-refractivity contribution in [3.8, 4) is 5.75 Å². The van der Waals surface area contributed by atoms with Crippen molar-refractivity contribution in [1.29, 1.82) is 0 Å². The molecule has 0 unspecified atom stereocenters. The molecule has 0 aliphatic rings. The van der Waals surface area contributed by atoms with Gasteiger partial charge >= 0.3 is 0 Å². The summed E-state index contributed by atoms with van der Waals surface area (Å²) in [6, 6.07) is 7.97. The van der Waals surface area contributed by atoms with Gasteiger partial charge in [-0.25, -0.2) is 4.68 Å². The smallest absolute Gasteiger partial charge is 0.119 e. The largest absolute Gasteiger partial charge is 0.494 e. The Labute approximate surface area is 106 Å². The molecule has 18 heavy (non-hydrogen) atoms. The Morgan fingerprint density at radius 1 is 1.28 bits per heavy atom. The van der Waals surface area contributed by atoms with Crippen LogP contribution in [0, 0.1) is 6.92 Å². The molecule has 0 atom stereocenters. The van der Waals surface area contributed by atoms with E-state index in [0.29, 0.717) is 13.2 Å². The van der Waals surface area contributed by atoms with E-state index in [1.54, 1.807) is 10.9 Å². The fourth-order valence-electron chi connectivity index (χ4n) is 1.63. The predicted octanol–water partition coefficient (Wildman–Crippen LogP) is 1.55. The maximum absolute atomic E-state index is 9.04. The normalized spacial score (nSPS) is 10.6. The van der Waals surface area contributed by atoms with Gasteiger partial charge in [0.05, 0.1) is 25.1 Å². The monoisotopic (exact) mass is 247 g/mol. The molecule has 1 aromatic heterocycles. The van der Waals surface area contributed by atoms with Gasteiger partial charge in [-0.1, -0.05) is 22.9 Å². The van der Waals surface area contributed by atoms with Crippen molar-refractivity contribution in [2.45, 2.75) is 26.5 Å². The van der Waals surface area contributed by atoms with E-state index in [1.165, 1.54) is 5.56 Å². The zero-order valence-electron chi connectivity index (χ0n) is 10.4. The van der Waals surface area contributed by atoms with E-state index in [2.05, 4.69) is 10.3 Å². The molecule has 0 fully saturated rings. The van der Waals surface area contributed by atoms with Crippen LogP contribution in [0.15, 0.2) is 30.5 Å². The van der Waals surface area contributed by atoms with Crippen LogP contribution in [0.2, 0.25) is 0 Å². The number of hydrogen-bond acceptors (Lipinski definition) is 4. The summed E-state index contributed by atoms with van der Waals surface area (Å²) < 4.78 is 7.30. The van der Waals surface area contributed by atoms with Crippen LogP contribution < -0.4 is 4.74 Å². The molecule has 96 valence electrons. The molecule has 0 aliphatic heterocycles. The van der Waals surface area contributed by atoms with Gasteiger partial charge in [0.1, 0.15) is 5.75 Å². The first kappa shape index (κ1) is 12.6. The van der Waals surface area contributed by atoms with Crippen molar-refractivity contribution in [3.63, 3.8) is 0 Å². The molecular formula is C13H17N3O2. The Kier molecular flexibility index (Phi) is 4.30. The molecule has 0 radical (unpaired) electrons. The molecule has 0 amide bonds. The minimum Gasteiger partial charge on any atom is -0.494 e. The molecule has 1 heterocycles. The standard InChI is InChI=1S/C13H17N3O2/c1-11-3-5-13(6-4-11)18-8-2-7-16-12(10-17)9-14-15-16/h3-6,9,17H,2,7-8,10H2,1H3. The van der Waals surface area contributed by atoms with Crippen LogP contribution >= 0.6 is 0 Å². The lowest BCUT2D eigenvalue weighted by molar-refractivity contribution is 0.260. The number of aliphatic hydroxyl groups is 1. The topological polar surface area (TPSA) is 60.2 Å². The van der Waals surface area contributed by atoms with Crippen LogP contribution in [0.3, 0.4) is 0 Å². The third kappa shape index (κ3) is 3.30. The third-order valence-corrected chi connectivity index (χ3v) is 2.66. The summed E-state index contributed by atoms with van der Waals surface area (Å²) in [5.41, 5.74) is 1.95. The zero-order chi connectivity index (χ0) is 12.8. The Hall–Kier alpha value is -1.88. The number of rotatable bonds is 6. The van der Waals surface area contributed by atoms with Gasteiger partial charge in [0.2, 0.25) is 0 Å². The number of aryl methyl sites for hydroxylation is 2. The molecule has 1 aromatic carbocycles. The Morgan fingerprint density at radius 3 is 2.78 bits per heavy atom. The number of benzene rings is 1. The molecule has 2 rings (SSSR count). The van der Waals surface area contributed by atoms with Crippen molar-refractivity contribution in [2.75, 3.05) is 6.61 Å². The van der Waals surface area contributed by atoms with Crippen molar-refractivity contribution in [1.82, 2.24) is 15.0 Å². The molecule has 0 saturated heterocycles. The second-order valence-electron chi connectivity index (χ2n) is 4.12. The van der Waals surface area contributed by atoms with Crippen molar-refractivity contribution in [2.24, 2.45) is 0 Å². The highest BCUT2D eigenvalue weighted by Gasteiger charge is 2.01. The summed E-state index contributed by atoms with van der Waals surface area (Å²) >= 11 is 0. The van der Waals surface area contributed by atoms with Crippen LogP contribution in [0.5, 0.6) is 5.75 Å². The lowest BCUT2D eigenvalue weighted by Gasteiger charge is -2.07.